The van der Waals surface area contributed by atoms with E-state index in [0.29, 0.717) is 18.2 Å². The Morgan fingerprint density at radius 2 is 2.40 bits per heavy atom. The van der Waals surface area contributed by atoms with Crippen LogP contribution in [0.4, 0.5) is 5.69 Å². The SMILES string of the molecule is O=C1CSc2cc(OCCCl)ccc2N1. The Kier molecular flexibility index (Phi) is 3.38. The zero-order valence-corrected chi connectivity index (χ0v) is 9.53. The van der Waals surface area contributed by atoms with Gasteiger partial charge in [0.15, 0.2) is 0 Å². The van der Waals surface area contributed by atoms with Gasteiger partial charge in [-0.05, 0) is 18.2 Å². The van der Waals surface area contributed by atoms with E-state index in [2.05, 4.69) is 5.32 Å². The van der Waals surface area contributed by atoms with Gasteiger partial charge < -0.3 is 10.1 Å². The van der Waals surface area contributed by atoms with Crippen molar-refractivity contribution in [3.63, 3.8) is 0 Å². The Morgan fingerprint density at radius 3 is 3.20 bits per heavy atom. The van der Waals surface area contributed by atoms with Crippen LogP contribution in [-0.2, 0) is 4.79 Å². The van der Waals surface area contributed by atoms with Crippen LogP contribution >= 0.6 is 23.4 Å². The molecular formula is C10H10ClNO2S. The maximum atomic E-state index is 11.1. The van der Waals surface area contributed by atoms with Crippen molar-refractivity contribution in [3.8, 4) is 5.75 Å². The van der Waals surface area contributed by atoms with Crippen molar-refractivity contribution >= 4 is 35.0 Å². The van der Waals surface area contributed by atoms with Gasteiger partial charge in [0.25, 0.3) is 0 Å². The molecule has 0 bridgehead atoms. The summed E-state index contributed by atoms with van der Waals surface area (Å²) in [6.45, 7) is 0.497. The van der Waals surface area contributed by atoms with Crippen molar-refractivity contribution < 1.29 is 9.53 Å². The predicted molar refractivity (Wildman–Crippen MR) is 62.0 cm³/mol. The minimum atomic E-state index is 0.0435. The van der Waals surface area contributed by atoms with Crippen molar-refractivity contribution in [3.05, 3.63) is 18.2 Å². The van der Waals surface area contributed by atoms with E-state index in [1.807, 2.05) is 18.2 Å². The molecule has 3 nitrogen and oxygen atoms in total. The third-order valence-corrected chi connectivity index (χ3v) is 3.14. The fourth-order valence-corrected chi connectivity index (χ4v) is 2.21. The summed E-state index contributed by atoms with van der Waals surface area (Å²) in [5.74, 6) is 1.77. The van der Waals surface area contributed by atoms with Gasteiger partial charge in [0, 0.05) is 4.90 Å². The zero-order valence-electron chi connectivity index (χ0n) is 7.96. The third-order valence-electron chi connectivity index (χ3n) is 1.93. The smallest absolute Gasteiger partial charge is 0.234 e. The summed E-state index contributed by atoms with van der Waals surface area (Å²) >= 11 is 7.05. The van der Waals surface area contributed by atoms with E-state index in [1.165, 1.54) is 11.8 Å². The van der Waals surface area contributed by atoms with E-state index in [-0.39, 0.29) is 5.91 Å². The van der Waals surface area contributed by atoms with Crippen molar-refractivity contribution in [2.75, 3.05) is 23.6 Å². The quantitative estimate of drug-likeness (QED) is 0.829. The Balaban J connectivity index is 2.15. The highest BCUT2D eigenvalue weighted by Gasteiger charge is 2.15. The first kappa shape index (κ1) is 10.6. The molecule has 0 aliphatic carbocycles. The van der Waals surface area contributed by atoms with E-state index < -0.39 is 0 Å². The van der Waals surface area contributed by atoms with E-state index >= 15 is 0 Å². The van der Waals surface area contributed by atoms with Crippen LogP contribution < -0.4 is 10.1 Å². The normalized spacial score (nSPS) is 14.3. The number of nitrogens with one attached hydrogen (secondary N) is 1. The molecular weight excluding hydrogens is 234 g/mol. The Bertz CT molecular complexity index is 384. The predicted octanol–water partition coefficient (Wildman–Crippen LogP) is 2.35. The number of alkyl halides is 1. The minimum Gasteiger partial charge on any atom is -0.492 e. The molecule has 1 aliphatic heterocycles. The number of benzene rings is 1. The number of rotatable bonds is 3. The number of fused-ring (bicyclic) bond motifs is 1. The summed E-state index contributed by atoms with van der Waals surface area (Å²) in [5, 5.41) is 2.80. The van der Waals surface area contributed by atoms with Crippen LogP contribution in [0.25, 0.3) is 0 Å². The minimum absolute atomic E-state index is 0.0435. The second-order valence-corrected chi connectivity index (χ2v) is 4.43. The van der Waals surface area contributed by atoms with Crippen LogP contribution in [0.15, 0.2) is 23.1 Å². The first-order chi connectivity index (χ1) is 7.29. The number of thioether (sulfide) groups is 1. The van der Waals surface area contributed by atoms with Gasteiger partial charge >= 0.3 is 0 Å². The Labute approximate surface area is 97.1 Å². The van der Waals surface area contributed by atoms with E-state index in [9.17, 15) is 4.79 Å². The zero-order chi connectivity index (χ0) is 10.7. The van der Waals surface area contributed by atoms with Crippen molar-refractivity contribution in [1.82, 2.24) is 0 Å². The highest BCUT2D eigenvalue weighted by Crippen LogP contribution is 2.34. The highest BCUT2D eigenvalue weighted by atomic mass is 35.5. The lowest BCUT2D eigenvalue weighted by Gasteiger charge is -2.16. The number of anilines is 1. The number of hydrogen-bond donors (Lipinski definition) is 1. The summed E-state index contributed by atoms with van der Waals surface area (Å²) in [6, 6.07) is 5.60. The summed E-state index contributed by atoms with van der Waals surface area (Å²) < 4.78 is 5.39. The lowest BCUT2D eigenvalue weighted by atomic mass is 10.3. The van der Waals surface area contributed by atoms with Crippen molar-refractivity contribution in [1.29, 1.82) is 0 Å². The average Bonchev–Trinajstić information content (AvgIpc) is 2.26. The fraction of sp³-hybridized carbons (Fsp3) is 0.300. The molecule has 0 saturated heterocycles. The van der Waals surface area contributed by atoms with Gasteiger partial charge in [-0.1, -0.05) is 0 Å². The fourth-order valence-electron chi connectivity index (χ4n) is 1.30. The number of carbonyl (C=O) groups is 1. The standard InChI is InChI=1S/C10H10ClNO2S/c11-3-4-14-7-1-2-8-9(5-7)15-6-10(13)12-8/h1-2,5H,3-4,6H2,(H,12,13). The molecule has 0 spiro atoms. The van der Waals surface area contributed by atoms with Crippen LogP contribution in [-0.4, -0.2) is 24.1 Å². The lowest BCUT2D eigenvalue weighted by molar-refractivity contribution is -0.113. The molecule has 0 atom stereocenters. The summed E-state index contributed by atoms with van der Waals surface area (Å²) in [5.41, 5.74) is 0.856. The maximum Gasteiger partial charge on any atom is 0.234 e. The lowest BCUT2D eigenvalue weighted by Crippen LogP contribution is -2.18. The number of ether oxygens (including phenoxy) is 1. The van der Waals surface area contributed by atoms with Crippen LogP contribution in [0.2, 0.25) is 0 Å². The van der Waals surface area contributed by atoms with Gasteiger partial charge in [-0.15, -0.1) is 23.4 Å². The molecule has 1 heterocycles. The molecule has 5 heteroatoms. The molecule has 0 radical (unpaired) electrons. The maximum absolute atomic E-state index is 11.1. The van der Waals surface area contributed by atoms with Gasteiger partial charge in [-0.3, -0.25) is 4.79 Å². The van der Waals surface area contributed by atoms with Gasteiger partial charge in [0.1, 0.15) is 12.4 Å². The first-order valence-electron chi connectivity index (χ1n) is 4.55. The Morgan fingerprint density at radius 1 is 1.53 bits per heavy atom. The van der Waals surface area contributed by atoms with Crippen LogP contribution in [0.1, 0.15) is 0 Å². The van der Waals surface area contributed by atoms with Crippen molar-refractivity contribution in [2.45, 2.75) is 4.90 Å². The second kappa shape index (κ2) is 4.77. The average molecular weight is 244 g/mol. The van der Waals surface area contributed by atoms with Crippen LogP contribution in [0, 0.1) is 0 Å². The third kappa shape index (κ3) is 2.58. The molecule has 80 valence electrons. The van der Waals surface area contributed by atoms with Gasteiger partial charge in [0.05, 0.1) is 17.3 Å². The van der Waals surface area contributed by atoms with E-state index in [0.717, 1.165) is 16.3 Å². The number of carbonyl (C=O) groups excluding carboxylic acids is 1. The van der Waals surface area contributed by atoms with E-state index in [1.54, 1.807) is 0 Å². The van der Waals surface area contributed by atoms with Gasteiger partial charge in [-0.25, -0.2) is 0 Å². The molecule has 0 fully saturated rings. The number of hydrogen-bond acceptors (Lipinski definition) is 3. The molecule has 2 rings (SSSR count). The monoisotopic (exact) mass is 243 g/mol. The van der Waals surface area contributed by atoms with Crippen LogP contribution in [0.3, 0.4) is 0 Å². The highest BCUT2D eigenvalue weighted by molar-refractivity contribution is 8.00. The molecule has 0 saturated carbocycles. The molecule has 15 heavy (non-hydrogen) atoms. The molecule has 0 unspecified atom stereocenters. The molecule has 1 amide bonds. The molecule has 1 N–H and O–H groups in total. The summed E-state index contributed by atoms with van der Waals surface area (Å²) in [7, 11) is 0. The van der Waals surface area contributed by atoms with Crippen molar-refractivity contribution in [2.24, 2.45) is 0 Å². The number of halogens is 1. The summed E-state index contributed by atoms with van der Waals surface area (Å²) in [4.78, 5) is 12.1. The second-order valence-electron chi connectivity index (χ2n) is 3.03. The summed E-state index contributed by atoms with van der Waals surface area (Å²) in [6.07, 6.45) is 0. The number of amides is 1. The molecule has 1 aliphatic rings. The topological polar surface area (TPSA) is 38.3 Å². The van der Waals surface area contributed by atoms with Crippen LogP contribution in [0.5, 0.6) is 5.75 Å². The first-order valence-corrected chi connectivity index (χ1v) is 6.07. The Hall–Kier alpha value is -0.870. The largest absolute Gasteiger partial charge is 0.492 e. The van der Waals surface area contributed by atoms with Gasteiger partial charge in [0.2, 0.25) is 5.91 Å². The molecule has 1 aromatic rings. The van der Waals surface area contributed by atoms with E-state index in [4.69, 9.17) is 16.3 Å². The van der Waals surface area contributed by atoms with Gasteiger partial charge in [-0.2, -0.15) is 0 Å². The molecule has 0 aromatic heterocycles. The molecule has 1 aromatic carbocycles.